The lowest BCUT2D eigenvalue weighted by atomic mass is 10.0. The van der Waals surface area contributed by atoms with Gasteiger partial charge in [-0.2, -0.15) is 0 Å². The van der Waals surface area contributed by atoms with Gasteiger partial charge < -0.3 is 4.57 Å². The monoisotopic (exact) mass is 302 g/mol. The van der Waals surface area contributed by atoms with Crippen molar-refractivity contribution in [1.29, 1.82) is 0 Å². The molecule has 2 aromatic rings. The van der Waals surface area contributed by atoms with Gasteiger partial charge in [0.15, 0.2) is 5.65 Å². The fraction of sp³-hybridized carbons (Fsp3) is 0.722. The first-order valence-electron chi connectivity index (χ1n) is 8.99. The van der Waals surface area contributed by atoms with E-state index in [0.717, 1.165) is 11.2 Å². The van der Waals surface area contributed by atoms with Crippen molar-refractivity contribution in [2.45, 2.75) is 84.1 Å². The van der Waals surface area contributed by atoms with Gasteiger partial charge in [-0.1, -0.05) is 65.2 Å². The topological polar surface area (TPSA) is 43.6 Å². The molecule has 2 heterocycles. The summed E-state index contributed by atoms with van der Waals surface area (Å²) < 4.78 is 2.28. The molecule has 0 saturated carbocycles. The molecule has 0 N–H and O–H groups in total. The molecule has 1 unspecified atom stereocenters. The zero-order valence-corrected chi connectivity index (χ0v) is 14.2. The number of unbranched alkanes of at least 4 members (excludes halogenated alkanes) is 6. The van der Waals surface area contributed by atoms with Crippen LogP contribution in [0.1, 0.15) is 84.1 Å². The van der Waals surface area contributed by atoms with E-state index in [1.807, 2.05) is 12.5 Å². The Kier molecular flexibility index (Phi) is 7.34. The van der Waals surface area contributed by atoms with Crippen LogP contribution < -0.4 is 0 Å². The minimum Gasteiger partial charge on any atom is -0.312 e. The van der Waals surface area contributed by atoms with Crippen LogP contribution in [0.3, 0.4) is 0 Å². The summed E-state index contributed by atoms with van der Waals surface area (Å²) in [5.74, 6) is 0. The lowest BCUT2D eigenvalue weighted by molar-refractivity contribution is 0.403. The van der Waals surface area contributed by atoms with Crippen LogP contribution in [0.4, 0.5) is 0 Å². The molecule has 2 aromatic heterocycles. The first-order valence-corrected chi connectivity index (χ1v) is 8.99. The molecule has 0 aliphatic heterocycles. The molecule has 22 heavy (non-hydrogen) atoms. The number of nitrogens with zero attached hydrogens (tertiary/aromatic N) is 4. The van der Waals surface area contributed by atoms with Crippen LogP contribution in [0, 0.1) is 0 Å². The summed E-state index contributed by atoms with van der Waals surface area (Å²) in [4.78, 5) is 13.0. The van der Waals surface area contributed by atoms with Crippen LogP contribution >= 0.6 is 0 Å². The molecular formula is C18H30N4. The van der Waals surface area contributed by atoms with E-state index in [1.165, 1.54) is 64.2 Å². The highest BCUT2D eigenvalue weighted by Crippen LogP contribution is 2.26. The average molecular weight is 302 g/mol. The van der Waals surface area contributed by atoms with Crippen LogP contribution in [0.2, 0.25) is 0 Å². The molecule has 1 atom stereocenters. The van der Waals surface area contributed by atoms with E-state index in [2.05, 4.69) is 33.4 Å². The van der Waals surface area contributed by atoms with Gasteiger partial charge in [0.25, 0.3) is 0 Å². The van der Waals surface area contributed by atoms with Gasteiger partial charge >= 0.3 is 0 Å². The maximum Gasteiger partial charge on any atom is 0.163 e. The van der Waals surface area contributed by atoms with Crippen molar-refractivity contribution >= 4 is 11.2 Å². The molecule has 2 rings (SSSR count). The smallest absolute Gasteiger partial charge is 0.163 e. The minimum atomic E-state index is 0.535. The normalized spacial score (nSPS) is 12.8. The van der Waals surface area contributed by atoms with E-state index in [9.17, 15) is 0 Å². The molecule has 0 aliphatic carbocycles. The average Bonchev–Trinajstić information content (AvgIpc) is 2.97. The Morgan fingerprint density at radius 1 is 0.909 bits per heavy atom. The van der Waals surface area contributed by atoms with Crippen LogP contribution in [0.15, 0.2) is 18.9 Å². The molecule has 122 valence electrons. The number of imidazole rings is 1. The number of rotatable bonds is 11. The van der Waals surface area contributed by atoms with Crippen molar-refractivity contribution < 1.29 is 0 Å². The highest BCUT2D eigenvalue weighted by atomic mass is 15.1. The zero-order chi connectivity index (χ0) is 15.6. The van der Waals surface area contributed by atoms with Gasteiger partial charge in [-0.15, -0.1) is 0 Å². The summed E-state index contributed by atoms with van der Waals surface area (Å²) in [6.45, 7) is 4.53. The Morgan fingerprint density at radius 3 is 2.36 bits per heavy atom. The fourth-order valence-corrected chi connectivity index (χ4v) is 3.09. The number of aromatic nitrogens is 4. The van der Waals surface area contributed by atoms with Crippen molar-refractivity contribution in [3.63, 3.8) is 0 Å². The quantitative estimate of drug-likeness (QED) is 0.528. The third-order valence-corrected chi connectivity index (χ3v) is 4.41. The minimum absolute atomic E-state index is 0.535. The lowest BCUT2D eigenvalue weighted by Gasteiger charge is -2.19. The highest BCUT2D eigenvalue weighted by molar-refractivity contribution is 5.68. The molecule has 4 nitrogen and oxygen atoms in total. The fourth-order valence-electron chi connectivity index (χ4n) is 3.09. The Bertz CT molecular complexity index is 535. The second-order valence-electron chi connectivity index (χ2n) is 6.24. The number of fused-ring (bicyclic) bond motifs is 1. The molecule has 0 saturated heterocycles. The van der Waals surface area contributed by atoms with Gasteiger partial charge in [-0.3, -0.25) is 0 Å². The first-order chi connectivity index (χ1) is 10.9. The van der Waals surface area contributed by atoms with Crippen molar-refractivity contribution in [1.82, 2.24) is 19.5 Å². The van der Waals surface area contributed by atoms with Gasteiger partial charge in [-0.05, 0) is 12.8 Å². The van der Waals surface area contributed by atoms with E-state index >= 15 is 0 Å². The predicted octanol–water partition coefficient (Wildman–Crippen LogP) is 5.31. The summed E-state index contributed by atoms with van der Waals surface area (Å²) in [5, 5.41) is 0. The maximum absolute atomic E-state index is 4.46. The Labute approximate surface area is 134 Å². The molecule has 0 amide bonds. The molecule has 0 bridgehead atoms. The lowest BCUT2D eigenvalue weighted by Crippen LogP contribution is -2.09. The standard InChI is InChI=1S/C18H30N4/c1-3-5-7-8-10-12-16(11-9-6-4-2)22-15-21-17-13-19-14-20-18(17)22/h13-16H,3-12H2,1-2H3. The van der Waals surface area contributed by atoms with Gasteiger partial charge in [0.2, 0.25) is 0 Å². The van der Waals surface area contributed by atoms with E-state index in [-0.39, 0.29) is 0 Å². The van der Waals surface area contributed by atoms with Gasteiger partial charge in [0.1, 0.15) is 11.8 Å². The molecule has 0 aromatic carbocycles. The number of hydrogen-bond acceptors (Lipinski definition) is 3. The van der Waals surface area contributed by atoms with E-state index in [0.29, 0.717) is 6.04 Å². The summed E-state index contributed by atoms with van der Waals surface area (Å²) in [7, 11) is 0. The molecule has 4 heteroatoms. The molecule has 0 radical (unpaired) electrons. The highest BCUT2D eigenvalue weighted by Gasteiger charge is 2.14. The summed E-state index contributed by atoms with van der Waals surface area (Å²) in [6.07, 6.45) is 18.4. The maximum atomic E-state index is 4.46. The van der Waals surface area contributed by atoms with Crippen LogP contribution in [-0.2, 0) is 0 Å². The van der Waals surface area contributed by atoms with Crippen LogP contribution in [-0.4, -0.2) is 19.5 Å². The summed E-state index contributed by atoms with van der Waals surface area (Å²) >= 11 is 0. The molecule has 0 fully saturated rings. The Balaban J connectivity index is 1.99. The van der Waals surface area contributed by atoms with E-state index in [4.69, 9.17) is 0 Å². The van der Waals surface area contributed by atoms with Gasteiger partial charge in [0, 0.05) is 6.04 Å². The van der Waals surface area contributed by atoms with Crippen molar-refractivity contribution in [2.75, 3.05) is 0 Å². The van der Waals surface area contributed by atoms with Gasteiger partial charge in [0.05, 0.1) is 12.5 Å². The molecule has 0 spiro atoms. The van der Waals surface area contributed by atoms with Gasteiger partial charge in [-0.25, -0.2) is 15.0 Å². The van der Waals surface area contributed by atoms with Crippen LogP contribution in [0.25, 0.3) is 11.2 Å². The summed E-state index contributed by atoms with van der Waals surface area (Å²) in [5.41, 5.74) is 1.90. The van der Waals surface area contributed by atoms with E-state index in [1.54, 1.807) is 6.33 Å². The number of hydrogen-bond donors (Lipinski definition) is 0. The molecule has 0 aliphatic rings. The summed E-state index contributed by atoms with van der Waals surface area (Å²) in [6, 6.07) is 0.535. The third-order valence-electron chi connectivity index (χ3n) is 4.41. The second-order valence-corrected chi connectivity index (χ2v) is 6.24. The molecular weight excluding hydrogens is 272 g/mol. The Hall–Kier alpha value is -1.45. The van der Waals surface area contributed by atoms with Crippen molar-refractivity contribution in [3.05, 3.63) is 18.9 Å². The zero-order valence-electron chi connectivity index (χ0n) is 14.2. The van der Waals surface area contributed by atoms with E-state index < -0.39 is 0 Å². The van der Waals surface area contributed by atoms with Crippen molar-refractivity contribution in [3.8, 4) is 0 Å². The SMILES string of the molecule is CCCCCCCC(CCCCC)n1cnc2cncnc21. The van der Waals surface area contributed by atoms with Crippen molar-refractivity contribution in [2.24, 2.45) is 0 Å². The Morgan fingerprint density at radius 2 is 1.59 bits per heavy atom. The first kappa shape index (κ1) is 16.9. The largest absolute Gasteiger partial charge is 0.312 e. The third kappa shape index (κ3) is 4.79. The second kappa shape index (κ2) is 9.54. The predicted molar refractivity (Wildman–Crippen MR) is 91.9 cm³/mol. The van der Waals surface area contributed by atoms with Crippen LogP contribution in [0.5, 0.6) is 0 Å².